The Morgan fingerprint density at radius 1 is 1.14 bits per heavy atom. The Morgan fingerprint density at radius 3 is 2.07 bits per heavy atom. The Bertz CT molecular complexity index is 331. The standard InChI is InChI=1S/C8H6F5N/c9-7(10)4-2-1-3-5(14)6(4)8(11,12)13/h1-3,7H,14H2. The Morgan fingerprint density at radius 2 is 1.71 bits per heavy atom. The molecule has 1 aromatic carbocycles. The highest BCUT2D eigenvalue weighted by Gasteiger charge is 2.37. The number of nitrogen functional groups attached to an aromatic ring is 1. The summed E-state index contributed by atoms with van der Waals surface area (Å²) < 4.78 is 61.1. The van der Waals surface area contributed by atoms with Gasteiger partial charge in [-0.2, -0.15) is 13.2 Å². The minimum absolute atomic E-state index is 0.685. The summed E-state index contributed by atoms with van der Waals surface area (Å²) >= 11 is 0. The summed E-state index contributed by atoms with van der Waals surface area (Å²) in [5, 5.41) is 0. The molecule has 0 aliphatic carbocycles. The highest BCUT2D eigenvalue weighted by Crippen LogP contribution is 2.39. The van der Waals surface area contributed by atoms with Crippen molar-refractivity contribution < 1.29 is 22.0 Å². The summed E-state index contributed by atoms with van der Waals surface area (Å²) in [5.41, 5.74) is 1.77. The summed E-state index contributed by atoms with van der Waals surface area (Å²) in [6.07, 6.45) is -8.04. The van der Waals surface area contributed by atoms with Gasteiger partial charge in [-0.1, -0.05) is 12.1 Å². The molecule has 0 bridgehead atoms. The highest BCUT2D eigenvalue weighted by molar-refractivity contribution is 5.53. The molecule has 0 aromatic heterocycles. The predicted molar refractivity (Wildman–Crippen MR) is 40.8 cm³/mol. The van der Waals surface area contributed by atoms with Gasteiger partial charge in [-0.25, -0.2) is 8.78 Å². The fraction of sp³-hybridized carbons (Fsp3) is 0.250. The van der Waals surface area contributed by atoms with Gasteiger partial charge in [-0.05, 0) is 6.07 Å². The maximum atomic E-state index is 12.3. The molecule has 0 saturated carbocycles. The van der Waals surface area contributed by atoms with Crippen molar-refractivity contribution in [3.63, 3.8) is 0 Å². The average Bonchev–Trinajstić information content (AvgIpc) is 2.01. The fourth-order valence-corrected chi connectivity index (χ4v) is 1.10. The number of hydrogen-bond acceptors (Lipinski definition) is 1. The molecule has 0 unspecified atom stereocenters. The van der Waals surface area contributed by atoms with Crippen LogP contribution in [0.15, 0.2) is 18.2 Å². The van der Waals surface area contributed by atoms with Crippen LogP contribution in [0.5, 0.6) is 0 Å². The quantitative estimate of drug-likeness (QED) is 0.560. The second-order valence-electron chi connectivity index (χ2n) is 2.61. The minimum atomic E-state index is -4.85. The zero-order valence-electron chi connectivity index (χ0n) is 6.78. The molecule has 2 N–H and O–H groups in total. The monoisotopic (exact) mass is 211 g/mol. The van der Waals surface area contributed by atoms with Crippen molar-refractivity contribution in [2.24, 2.45) is 0 Å². The molecule has 1 rings (SSSR count). The molecule has 1 nitrogen and oxygen atoms in total. The van der Waals surface area contributed by atoms with Gasteiger partial charge in [0.1, 0.15) is 0 Å². The summed E-state index contributed by atoms with van der Waals surface area (Å²) in [7, 11) is 0. The molecule has 78 valence electrons. The van der Waals surface area contributed by atoms with Crippen molar-refractivity contribution in [1.82, 2.24) is 0 Å². The molecule has 0 aliphatic heterocycles. The maximum Gasteiger partial charge on any atom is 0.418 e. The summed E-state index contributed by atoms with van der Waals surface area (Å²) in [4.78, 5) is 0. The number of rotatable bonds is 1. The zero-order valence-corrected chi connectivity index (χ0v) is 6.78. The summed E-state index contributed by atoms with van der Waals surface area (Å²) in [6, 6.07) is 2.71. The van der Waals surface area contributed by atoms with Crippen LogP contribution in [0.25, 0.3) is 0 Å². The van der Waals surface area contributed by atoms with Crippen molar-refractivity contribution >= 4 is 5.69 Å². The predicted octanol–water partition coefficient (Wildman–Crippen LogP) is 3.23. The number of nitrogens with two attached hydrogens (primary N) is 1. The van der Waals surface area contributed by atoms with E-state index in [2.05, 4.69) is 0 Å². The molecule has 0 fully saturated rings. The van der Waals surface area contributed by atoms with Crippen LogP contribution in [-0.2, 0) is 6.18 Å². The molecule has 1 aromatic rings. The van der Waals surface area contributed by atoms with E-state index in [1.54, 1.807) is 0 Å². The maximum absolute atomic E-state index is 12.3. The van der Waals surface area contributed by atoms with E-state index in [9.17, 15) is 22.0 Å². The molecular weight excluding hydrogens is 205 g/mol. The highest BCUT2D eigenvalue weighted by atomic mass is 19.4. The van der Waals surface area contributed by atoms with Crippen molar-refractivity contribution in [3.8, 4) is 0 Å². The normalized spacial score (nSPS) is 12.1. The van der Waals surface area contributed by atoms with Gasteiger partial charge in [0, 0.05) is 11.3 Å². The number of halogens is 5. The van der Waals surface area contributed by atoms with Gasteiger partial charge < -0.3 is 5.73 Å². The summed E-state index contributed by atoms with van der Waals surface area (Å²) in [5.74, 6) is 0. The third-order valence-electron chi connectivity index (χ3n) is 1.65. The Balaban J connectivity index is 3.38. The van der Waals surface area contributed by atoms with E-state index in [0.717, 1.165) is 12.1 Å². The topological polar surface area (TPSA) is 26.0 Å². The number of hydrogen-bond donors (Lipinski definition) is 1. The average molecular weight is 211 g/mol. The first-order valence-electron chi connectivity index (χ1n) is 3.57. The van der Waals surface area contributed by atoms with E-state index >= 15 is 0 Å². The van der Waals surface area contributed by atoms with E-state index < -0.39 is 29.4 Å². The minimum Gasteiger partial charge on any atom is -0.398 e. The van der Waals surface area contributed by atoms with Crippen LogP contribution in [0.2, 0.25) is 0 Å². The van der Waals surface area contributed by atoms with Crippen molar-refractivity contribution in [2.75, 3.05) is 5.73 Å². The molecule has 0 amide bonds. The van der Waals surface area contributed by atoms with Crippen LogP contribution in [0, 0.1) is 0 Å². The molecule has 0 aliphatic rings. The lowest BCUT2D eigenvalue weighted by atomic mass is 10.1. The van der Waals surface area contributed by atoms with Gasteiger partial charge in [-0.15, -0.1) is 0 Å². The van der Waals surface area contributed by atoms with Crippen molar-refractivity contribution in [3.05, 3.63) is 29.3 Å². The molecule has 0 saturated heterocycles. The molecular formula is C8H6F5N. The second-order valence-corrected chi connectivity index (χ2v) is 2.61. The SMILES string of the molecule is Nc1cccc(C(F)F)c1C(F)(F)F. The van der Waals surface area contributed by atoms with E-state index in [-0.39, 0.29) is 0 Å². The molecule has 0 atom stereocenters. The lowest BCUT2D eigenvalue weighted by Crippen LogP contribution is -2.12. The fourth-order valence-electron chi connectivity index (χ4n) is 1.10. The first-order valence-corrected chi connectivity index (χ1v) is 3.57. The molecule has 14 heavy (non-hydrogen) atoms. The van der Waals surface area contributed by atoms with E-state index in [1.165, 1.54) is 0 Å². The van der Waals surface area contributed by atoms with Crippen LogP contribution in [0.1, 0.15) is 17.6 Å². The first-order chi connectivity index (χ1) is 6.34. The van der Waals surface area contributed by atoms with Crippen molar-refractivity contribution in [1.29, 1.82) is 0 Å². The zero-order chi connectivity index (χ0) is 10.9. The van der Waals surface area contributed by atoms with Gasteiger partial charge in [0.05, 0.1) is 5.56 Å². The largest absolute Gasteiger partial charge is 0.418 e. The van der Waals surface area contributed by atoms with Crippen LogP contribution in [0.3, 0.4) is 0 Å². The molecule has 0 radical (unpaired) electrons. The van der Waals surface area contributed by atoms with Gasteiger partial charge in [0.15, 0.2) is 0 Å². The van der Waals surface area contributed by atoms with Crippen LogP contribution in [0.4, 0.5) is 27.6 Å². The summed E-state index contributed by atoms with van der Waals surface area (Å²) in [6.45, 7) is 0. The van der Waals surface area contributed by atoms with Crippen LogP contribution in [-0.4, -0.2) is 0 Å². The number of alkyl halides is 5. The number of benzene rings is 1. The van der Waals surface area contributed by atoms with E-state index in [1.807, 2.05) is 0 Å². The van der Waals surface area contributed by atoms with Gasteiger partial charge >= 0.3 is 6.18 Å². The third-order valence-corrected chi connectivity index (χ3v) is 1.65. The third kappa shape index (κ3) is 1.94. The Hall–Kier alpha value is -1.33. The van der Waals surface area contributed by atoms with Gasteiger partial charge in [0.2, 0.25) is 0 Å². The lowest BCUT2D eigenvalue weighted by Gasteiger charge is -2.14. The van der Waals surface area contributed by atoms with E-state index in [0.29, 0.717) is 6.07 Å². The molecule has 6 heteroatoms. The smallest absolute Gasteiger partial charge is 0.398 e. The lowest BCUT2D eigenvalue weighted by molar-refractivity contribution is -0.138. The Labute approximate surface area is 76.3 Å². The molecule has 0 heterocycles. The van der Waals surface area contributed by atoms with Crippen LogP contribution < -0.4 is 5.73 Å². The Kier molecular flexibility index (Phi) is 2.64. The number of anilines is 1. The first kappa shape index (κ1) is 10.7. The van der Waals surface area contributed by atoms with Gasteiger partial charge in [0.25, 0.3) is 6.43 Å². The van der Waals surface area contributed by atoms with Gasteiger partial charge in [-0.3, -0.25) is 0 Å². The van der Waals surface area contributed by atoms with Crippen molar-refractivity contribution in [2.45, 2.75) is 12.6 Å². The molecule has 0 spiro atoms. The van der Waals surface area contributed by atoms with Crippen LogP contribution >= 0.6 is 0 Å². The second kappa shape index (κ2) is 3.43. The van der Waals surface area contributed by atoms with E-state index in [4.69, 9.17) is 5.73 Å².